The number of hydrogen-bond acceptors (Lipinski definition) is 25. The van der Waals surface area contributed by atoms with Gasteiger partial charge < -0.3 is 46.7 Å². The first-order valence-corrected chi connectivity index (χ1v) is 29.0. The second-order valence-electron chi connectivity index (χ2n) is 16.3. The van der Waals surface area contributed by atoms with Crippen LogP contribution >= 0.6 is 0 Å². The minimum atomic E-state index is -4.62. The number of amidine groups is 4. The normalized spacial score (nSPS) is 16.8. The maximum absolute atomic E-state index is 11.0. The molecule has 1 radical (unpaired) electrons. The fourth-order valence-corrected chi connectivity index (χ4v) is 9.00. The molecule has 423 valence electrons. The average molecular weight is 1230 g/mol. The number of benzene rings is 5. The van der Waals surface area contributed by atoms with Gasteiger partial charge in [-0.05, 0) is 0 Å². The van der Waals surface area contributed by atoms with E-state index in [0.717, 1.165) is 86.2 Å². The fourth-order valence-electron chi connectivity index (χ4n) is 8.03. The van der Waals surface area contributed by atoms with Crippen LogP contribution < -0.4 is 98.9 Å². The first-order valence-electron chi connectivity index (χ1n) is 22.9. The van der Waals surface area contributed by atoms with Gasteiger partial charge >= 0.3 is 67.2 Å². The van der Waals surface area contributed by atoms with Crippen molar-refractivity contribution in [1.29, 1.82) is 0 Å². The molecule has 4 atom stereocenters. The van der Waals surface area contributed by atoms with Crippen LogP contribution in [0.15, 0.2) is 140 Å². The molecule has 5 aliphatic heterocycles. The molecular weight excluding hydrogens is 1180 g/mol. The minimum absolute atomic E-state index is 0. The van der Waals surface area contributed by atoms with Crippen LogP contribution in [0, 0.1) is 6.07 Å². The van der Waals surface area contributed by atoms with Gasteiger partial charge in [-0.3, -0.25) is 0 Å². The van der Waals surface area contributed by atoms with E-state index in [0.29, 0.717) is 6.26 Å². The number of nitrogens with zero attached hydrogens (tertiary/aromatic N) is 7. The molecule has 0 saturated carbocycles. The van der Waals surface area contributed by atoms with Crippen LogP contribution in [0.4, 0.5) is 23.5 Å². The van der Waals surface area contributed by atoms with Crippen LogP contribution in [-0.4, -0.2) is 111 Å². The second-order valence-corrected chi connectivity index (χ2v) is 21.3. The molecule has 0 saturated heterocycles. The van der Waals surface area contributed by atoms with E-state index in [1.54, 1.807) is 0 Å². The van der Waals surface area contributed by atoms with Gasteiger partial charge in [-0.25, -0.2) is 49.9 Å². The van der Waals surface area contributed by atoms with E-state index in [4.69, 9.17) is 51.3 Å². The summed E-state index contributed by atoms with van der Waals surface area (Å²) >= 11 is 0. The van der Waals surface area contributed by atoms with Crippen LogP contribution in [0.1, 0.15) is 90.4 Å². The summed E-state index contributed by atoms with van der Waals surface area (Å²) in [5.74, 6) is 3.19. The van der Waals surface area contributed by atoms with Crippen molar-refractivity contribution in [2.24, 2.45) is 20.0 Å². The van der Waals surface area contributed by atoms with E-state index >= 15 is 0 Å². The van der Waals surface area contributed by atoms with Crippen LogP contribution in [0.25, 0.3) is 0 Å². The van der Waals surface area contributed by atoms with E-state index in [9.17, 15) is 21.4 Å². The number of fused-ring (bicyclic) bond motifs is 16. The smallest absolute Gasteiger partial charge is 0.748 e. The van der Waals surface area contributed by atoms with Crippen LogP contribution in [-0.2, 0) is 57.9 Å². The average Bonchev–Trinajstić information content (AvgIpc) is 4.21. The number of rotatable bonds is 8. The topological polar surface area (TPSA) is 398 Å². The zero-order valence-corrected chi connectivity index (χ0v) is 48.5. The number of anilines is 4. The predicted octanol–water partition coefficient (Wildman–Crippen LogP) is -6.11. The molecule has 9 N–H and O–H groups in total. The Labute approximate surface area is 523 Å². The van der Waals surface area contributed by atoms with Gasteiger partial charge in [-0.2, -0.15) is 33.2 Å². The molecule has 5 aromatic carbocycles. The van der Waals surface area contributed by atoms with Gasteiger partial charge in [0.15, 0.2) is 0 Å². The van der Waals surface area contributed by atoms with Gasteiger partial charge in [0.2, 0.25) is 27.9 Å². The summed E-state index contributed by atoms with van der Waals surface area (Å²) < 4.78 is 110. The molecule has 5 aliphatic rings. The summed E-state index contributed by atoms with van der Waals surface area (Å²) in [7, 11) is -15.0. The van der Waals surface area contributed by atoms with Gasteiger partial charge in [0.1, 0.15) is 58.1 Å². The van der Waals surface area contributed by atoms with Crippen LogP contribution in [0.2, 0.25) is 0 Å². The maximum atomic E-state index is 11.0. The molecule has 0 aliphatic carbocycles. The van der Waals surface area contributed by atoms with Gasteiger partial charge in [0.25, 0.3) is 0 Å². The van der Waals surface area contributed by atoms with Crippen molar-refractivity contribution in [3.63, 3.8) is 0 Å². The molecule has 6 aromatic rings. The molecule has 4 unspecified atom stereocenters. The molecule has 1 aromatic heterocycles. The fraction of sp³-hybridized carbons (Fsp3) is 0.229. The first-order chi connectivity index (χ1) is 36.6. The summed E-state index contributed by atoms with van der Waals surface area (Å²) in [4.78, 5) is 31.7. The number of nitrogen functional groups attached to an aromatic ring is 1. The van der Waals surface area contributed by atoms with Crippen molar-refractivity contribution in [2.75, 3.05) is 42.0 Å². The molecular formula is C48H52CuLi3N15O11S4. The number of nitrogens with two attached hydrogens (primary N) is 1. The Kier molecular flexibility index (Phi) is 27.8. The SMILES string of the molecule is C.CC.CS(=O)(=O)NCCNc1nc(N)nc(Nc2[c-]ccc(S(=O)(=O)[O-])c2)n1.CS(=O)(=O)[O-].O=S(=O)=O.[Cu].[Li+].[Li+].[Li+].c1ccc2c(c1)C1=NC2NC2=NC(NC3=NC(NC4=NC(N1)c1ccccc14)c1ccccc13)c1ccccc12. The first kappa shape index (κ1) is 72.2. The van der Waals surface area contributed by atoms with Crippen molar-refractivity contribution in [1.82, 2.24) is 40.9 Å². The Bertz CT molecular complexity index is 3530. The number of sulfonamides is 1. The van der Waals surface area contributed by atoms with Crippen molar-refractivity contribution in [3.05, 3.63) is 166 Å². The van der Waals surface area contributed by atoms with Crippen molar-refractivity contribution in [3.8, 4) is 0 Å². The number of nitrogens with one attached hydrogen (secondary N) is 7. The predicted molar refractivity (Wildman–Crippen MR) is 291 cm³/mol. The Morgan fingerprint density at radius 1 is 0.573 bits per heavy atom. The van der Waals surface area contributed by atoms with E-state index in [1.807, 2.05) is 13.8 Å². The molecule has 26 nitrogen and oxygen atoms in total. The summed E-state index contributed by atoms with van der Waals surface area (Å²) in [6.45, 7) is 4.29. The molecule has 0 fully saturated rings. The van der Waals surface area contributed by atoms with Crippen LogP contribution in [0.5, 0.6) is 0 Å². The van der Waals surface area contributed by atoms with Crippen LogP contribution in [0.3, 0.4) is 0 Å². The summed E-state index contributed by atoms with van der Waals surface area (Å²) in [5, 5.41) is 20.0. The molecule has 6 heterocycles. The molecule has 82 heavy (non-hydrogen) atoms. The standard InChI is InChI=1S/C32H24N8.C12H16N7O5S2.C2H6.CH4O3S.CH4.Cu.3Li.O3S/c1-2-10-18-17(9-1)25-33-26(18)38-28-21-13-5-6-14-22(21)30(35-28)40-32-24-16-8-7-15-23(24)31(36-32)39-29-20-12-4-3-11-19(20)27(34-29)37-25;1-25(20,21)15-6-5-14-11-17-10(13)18-12(19-11)16-8-3-2-4-9(7-8)26(22,23)24;1-2;1-5(2,3)4;;;;;;1-4(2)3/h1-16,25,28-29,32H,(H,33,38)(H,34,37)(H,35,40)(H,36,39);2,4,7,15H,5-6H2,1H3,(H,22,23,24)(H4,13,14,16,17,18,19);1-2H3;1H3,(H,2,3,4);1H4;;;;;/q;-1;;;;;3*+1;/p-2. The van der Waals surface area contributed by atoms with Gasteiger partial charge in [0.05, 0.1) is 16.4 Å². The van der Waals surface area contributed by atoms with E-state index < -0.39 is 45.8 Å². The minimum Gasteiger partial charge on any atom is -0.748 e. The summed E-state index contributed by atoms with van der Waals surface area (Å²) in [6.07, 6.45) is 0.539. The van der Waals surface area contributed by atoms with Crippen molar-refractivity contribution < 1.29 is 121 Å². The largest absolute Gasteiger partial charge is 1.00 e. The Morgan fingerprint density at radius 2 is 0.902 bits per heavy atom. The zero-order valence-electron chi connectivity index (χ0n) is 44.3. The van der Waals surface area contributed by atoms with E-state index in [1.165, 1.54) is 6.07 Å². The third-order valence-electron chi connectivity index (χ3n) is 10.9. The number of aliphatic imine (C=N–C) groups is 4. The monoisotopic (exact) mass is 1230 g/mol. The Hall–Kier alpha value is -5.95. The Morgan fingerprint density at radius 3 is 1.23 bits per heavy atom. The Balaban J connectivity index is 0.000000478. The number of hydrogen-bond donors (Lipinski definition) is 8. The van der Waals surface area contributed by atoms with Gasteiger partial charge in [0, 0.05) is 80.9 Å². The zero-order chi connectivity index (χ0) is 55.7. The molecule has 0 amide bonds. The molecule has 0 spiro atoms. The third kappa shape index (κ3) is 19.6. The summed E-state index contributed by atoms with van der Waals surface area (Å²) in [6, 6.07) is 39.5. The maximum Gasteiger partial charge on any atom is 1.00 e. The van der Waals surface area contributed by atoms with Gasteiger partial charge in [-0.1, -0.05) is 129 Å². The quantitative estimate of drug-likeness (QED) is 0.0304. The van der Waals surface area contributed by atoms with E-state index in [2.05, 4.69) is 155 Å². The van der Waals surface area contributed by atoms with Gasteiger partial charge in [-0.15, -0.1) is 18.7 Å². The third-order valence-corrected chi connectivity index (χ3v) is 12.5. The molecule has 11 rings (SSSR count). The second kappa shape index (κ2) is 31.6. The molecule has 34 heteroatoms. The van der Waals surface area contributed by atoms with Crippen molar-refractivity contribution in [2.45, 2.75) is 50.8 Å². The van der Waals surface area contributed by atoms with Crippen molar-refractivity contribution >= 4 is 87.7 Å². The molecule has 8 bridgehead atoms. The number of aromatic nitrogens is 3. The van der Waals surface area contributed by atoms with E-state index in [-0.39, 0.29) is 142 Å². The summed E-state index contributed by atoms with van der Waals surface area (Å²) in [5.41, 5.74) is 14.4.